The molecule has 5 heteroatoms. The molecule has 130 valence electrons. The summed E-state index contributed by atoms with van der Waals surface area (Å²) in [7, 11) is 3.36. The molecule has 2 atom stereocenters. The second kappa shape index (κ2) is 7.26. The first-order chi connectivity index (χ1) is 11.6. The fourth-order valence-corrected chi connectivity index (χ4v) is 4.09. The van der Waals surface area contributed by atoms with Crippen LogP contribution in [0.2, 0.25) is 0 Å². The van der Waals surface area contributed by atoms with Crippen molar-refractivity contribution in [1.82, 2.24) is 10.2 Å². The number of hydrogen-bond donors (Lipinski definition) is 1. The van der Waals surface area contributed by atoms with Gasteiger partial charge in [0.05, 0.1) is 14.2 Å². The Morgan fingerprint density at radius 1 is 1.29 bits per heavy atom. The van der Waals surface area contributed by atoms with Gasteiger partial charge in [-0.15, -0.1) is 0 Å². The van der Waals surface area contributed by atoms with Crippen molar-refractivity contribution in [3.05, 3.63) is 36.4 Å². The Hall–Kier alpha value is -2.01. The van der Waals surface area contributed by atoms with Gasteiger partial charge in [0.15, 0.2) is 0 Å². The van der Waals surface area contributed by atoms with E-state index in [0.717, 1.165) is 30.9 Å². The number of carbonyl (C=O) groups excluding carboxylic acids is 1. The maximum atomic E-state index is 11.6. The number of rotatable bonds is 6. The molecule has 5 nitrogen and oxygen atoms in total. The minimum Gasteiger partial charge on any atom is -0.497 e. The number of methoxy groups -OCH3 is 2. The number of amides is 1. The van der Waals surface area contributed by atoms with E-state index in [9.17, 15) is 4.79 Å². The molecule has 2 fully saturated rings. The van der Waals surface area contributed by atoms with Crippen molar-refractivity contribution in [1.29, 1.82) is 0 Å². The number of hydrogen-bond acceptors (Lipinski definition) is 4. The van der Waals surface area contributed by atoms with Gasteiger partial charge in [-0.2, -0.15) is 0 Å². The summed E-state index contributed by atoms with van der Waals surface area (Å²) in [4.78, 5) is 14.1. The summed E-state index contributed by atoms with van der Waals surface area (Å²) in [5.74, 6) is 1.62. The Morgan fingerprint density at radius 2 is 2.00 bits per heavy atom. The average Bonchev–Trinajstić information content (AvgIpc) is 2.83. The van der Waals surface area contributed by atoms with Crippen molar-refractivity contribution in [2.75, 3.05) is 14.2 Å². The molecule has 0 spiro atoms. The van der Waals surface area contributed by atoms with Gasteiger partial charge in [0.25, 0.3) is 0 Å². The highest BCUT2D eigenvalue weighted by atomic mass is 16.5. The molecule has 1 N–H and O–H groups in total. The number of nitrogens with zero attached hydrogens (tertiary/aromatic N) is 1. The van der Waals surface area contributed by atoms with Crippen LogP contribution in [-0.2, 0) is 11.3 Å². The molecular weight excluding hydrogens is 304 g/mol. The van der Waals surface area contributed by atoms with E-state index < -0.39 is 0 Å². The van der Waals surface area contributed by atoms with E-state index in [1.807, 2.05) is 12.1 Å². The van der Waals surface area contributed by atoms with Crippen LogP contribution in [0.3, 0.4) is 0 Å². The maximum absolute atomic E-state index is 11.6. The summed E-state index contributed by atoms with van der Waals surface area (Å²) in [6.45, 7) is 4.42. The molecule has 0 aliphatic carbocycles. The van der Waals surface area contributed by atoms with Gasteiger partial charge >= 0.3 is 0 Å². The van der Waals surface area contributed by atoms with Crippen LogP contribution in [0, 0.1) is 0 Å². The highest BCUT2D eigenvalue weighted by Crippen LogP contribution is 2.38. The average molecular weight is 330 g/mol. The Kier molecular flexibility index (Phi) is 5.09. The van der Waals surface area contributed by atoms with E-state index in [-0.39, 0.29) is 11.9 Å². The molecule has 2 heterocycles. The van der Waals surface area contributed by atoms with Crippen molar-refractivity contribution < 1.29 is 14.3 Å². The highest BCUT2D eigenvalue weighted by Gasteiger charge is 2.41. The zero-order valence-electron chi connectivity index (χ0n) is 14.5. The summed E-state index contributed by atoms with van der Waals surface area (Å²) in [6.07, 6.45) is 5.77. The Morgan fingerprint density at radius 3 is 2.58 bits per heavy atom. The number of benzene rings is 1. The topological polar surface area (TPSA) is 50.8 Å². The SMILES string of the molecule is C=CC(=O)NC1CC2CCC(C1)N2Cc1ccc(OC)cc1OC. The first kappa shape index (κ1) is 16.8. The second-order valence-corrected chi connectivity index (χ2v) is 6.62. The largest absolute Gasteiger partial charge is 0.497 e. The van der Waals surface area contributed by atoms with Crippen molar-refractivity contribution in [3.63, 3.8) is 0 Å². The third-order valence-corrected chi connectivity index (χ3v) is 5.26. The molecule has 0 radical (unpaired) electrons. The van der Waals surface area contributed by atoms with Crippen molar-refractivity contribution in [2.45, 2.75) is 50.4 Å². The van der Waals surface area contributed by atoms with Crippen LogP contribution in [0.4, 0.5) is 0 Å². The van der Waals surface area contributed by atoms with Crippen molar-refractivity contribution in [3.8, 4) is 11.5 Å². The van der Waals surface area contributed by atoms with E-state index in [2.05, 4.69) is 22.9 Å². The molecule has 3 rings (SSSR count). The molecule has 2 aliphatic heterocycles. The van der Waals surface area contributed by atoms with Gasteiger partial charge in [-0.3, -0.25) is 9.69 Å². The number of carbonyl (C=O) groups is 1. The van der Waals surface area contributed by atoms with Crippen LogP contribution in [0.1, 0.15) is 31.2 Å². The lowest BCUT2D eigenvalue weighted by molar-refractivity contribution is -0.117. The van der Waals surface area contributed by atoms with Crippen LogP contribution in [-0.4, -0.2) is 43.2 Å². The first-order valence-electron chi connectivity index (χ1n) is 8.54. The molecule has 1 aromatic carbocycles. The maximum Gasteiger partial charge on any atom is 0.243 e. The number of fused-ring (bicyclic) bond motifs is 2. The van der Waals surface area contributed by atoms with E-state index in [4.69, 9.17) is 9.47 Å². The summed E-state index contributed by atoms with van der Waals surface area (Å²) in [5.41, 5.74) is 1.18. The molecule has 1 amide bonds. The van der Waals surface area contributed by atoms with Crippen molar-refractivity contribution in [2.24, 2.45) is 0 Å². The van der Waals surface area contributed by atoms with Crippen LogP contribution in [0.15, 0.2) is 30.9 Å². The quantitative estimate of drug-likeness (QED) is 0.814. The molecule has 2 aliphatic rings. The van der Waals surface area contributed by atoms with E-state index >= 15 is 0 Å². The zero-order valence-corrected chi connectivity index (χ0v) is 14.5. The predicted molar refractivity (Wildman–Crippen MR) is 93.3 cm³/mol. The van der Waals surface area contributed by atoms with Crippen molar-refractivity contribution >= 4 is 5.91 Å². The third-order valence-electron chi connectivity index (χ3n) is 5.26. The monoisotopic (exact) mass is 330 g/mol. The van der Waals surface area contributed by atoms with Gasteiger partial charge in [-0.05, 0) is 37.8 Å². The molecule has 2 bridgehead atoms. The summed E-state index contributed by atoms with van der Waals surface area (Å²) < 4.78 is 10.8. The van der Waals surface area contributed by atoms with E-state index in [1.165, 1.54) is 24.5 Å². The van der Waals surface area contributed by atoms with E-state index in [1.54, 1.807) is 14.2 Å². The van der Waals surface area contributed by atoms with E-state index in [0.29, 0.717) is 12.1 Å². The zero-order chi connectivity index (χ0) is 17.1. The molecule has 0 aromatic heterocycles. The molecule has 24 heavy (non-hydrogen) atoms. The molecule has 0 saturated carbocycles. The van der Waals surface area contributed by atoms with Crippen LogP contribution >= 0.6 is 0 Å². The lowest BCUT2D eigenvalue weighted by Gasteiger charge is -2.39. The van der Waals surface area contributed by atoms with Gasteiger partial charge in [-0.1, -0.05) is 12.6 Å². The molecule has 2 saturated heterocycles. The number of nitrogens with one attached hydrogen (secondary N) is 1. The summed E-state index contributed by atoms with van der Waals surface area (Å²) in [5, 5.41) is 3.07. The Balaban J connectivity index is 1.69. The first-order valence-corrected chi connectivity index (χ1v) is 8.54. The fourth-order valence-electron chi connectivity index (χ4n) is 4.09. The van der Waals surface area contributed by atoms with Gasteiger partial charge in [-0.25, -0.2) is 0 Å². The minimum absolute atomic E-state index is 0.0651. The van der Waals surface area contributed by atoms with Gasteiger partial charge in [0.2, 0.25) is 5.91 Å². The number of piperidine rings is 1. The predicted octanol–water partition coefficient (Wildman–Crippen LogP) is 2.50. The smallest absolute Gasteiger partial charge is 0.243 e. The number of ether oxygens (including phenoxy) is 2. The van der Waals surface area contributed by atoms with Gasteiger partial charge in [0.1, 0.15) is 11.5 Å². The lowest BCUT2D eigenvalue weighted by Crippen LogP contribution is -2.49. The standard InChI is InChI=1S/C19H26N2O3/c1-4-19(22)20-14-9-15-6-7-16(10-14)21(15)12-13-5-8-17(23-2)11-18(13)24-3/h4-5,8,11,14-16H,1,6-7,9-10,12H2,2-3H3,(H,20,22). The van der Waals surface area contributed by atoms with Crippen LogP contribution in [0.25, 0.3) is 0 Å². The van der Waals surface area contributed by atoms with Gasteiger partial charge < -0.3 is 14.8 Å². The lowest BCUT2D eigenvalue weighted by atomic mass is 9.96. The summed E-state index contributed by atoms with van der Waals surface area (Å²) in [6, 6.07) is 7.31. The van der Waals surface area contributed by atoms with Crippen LogP contribution < -0.4 is 14.8 Å². The molecule has 2 unspecified atom stereocenters. The summed E-state index contributed by atoms with van der Waals surface area (Å²) >= 11 is 0. The Labute approximate surface area is 143 Å². The normalized spacial score (nSPS) is 26.0. The molecule has 1 aromatic rings. The highest BCUT2D eigenvalue weighted by molar-refractivity contribution is 5.87. The molecular formula is C19H26N2O3. The van der Waals surface area contributed by atoms with Gasteiger partial charge in [0, 0.05) is 36.3 Å². The Bertz CT molecular complexity index is 603. The van der Waals surface area contributed by atoms with Crippen LogP contribution in [0.5, 0.6) is 11.5 Å². The fraction of sp³-hybridized carbons (Fsp3) is 0.526. The second-order valence-electron chi connectivity index (χ2n) is 6.62. The minimum atomic E-state index is -0.0651. The third kappa shape index (κ3) is 3.41.